The lowest BCUT2D eigenvalue weighted by Crippen LogP contribution is -2.30. The third-order valence-electron chi connectivity index (χ3n) is 2.07. The number of pyridine rings is 1. The summed E-state index contributed by atoms with van der Waals surface area (Å²) in [5.74, 6) is 0. The Kier molecular flexibility index (Phi) is 4.81. The summed E-state index contributed by atoms with van der Waals surface area (Å²) in [5.41, 5.74) is 1.08. The molecule has 2 rings (SSSR count). The monoisotopic (exact) mass is 299 g/mol. The van der Waals surface area contributed by atoms with Crippen LogP contribution in [0, 0.1) is 0 Å². The van der Waals surface area contributed by atoms with E-state index in [1.165, 1.54) is 0 Å². The van der Waals surface area contributed by atoms with Crippen molar-refractivity contribution in [2.75, 3.05) is 0 Å². The maximum Gasteiger partial charge on any atom is 0.673 e. The summed E-state index contributed by atoms with van der Waals surface area (Å²) < 4.78 is 40.9. The first-order chi connectivity index (χ1) is 8.18. The Labute approximate surface area is 111 Å². The number of fused-ring (bicyclic) bond motifs is 1. The van der Waals surface area contributed by atoms with Crippen LogP contribution in [0.2, 0.25) is 10.2 Å². The van der Waals surface area contributed by atoms with Gasteiger partial charge in [-0.1, -0.05) is 11.6 Å². The van der Waals surface area contributed by atoms with Gasteiger partial charge in [0.25, 0.3) is 5.15 Å². The van der Waals surface area contributed by atoms with Crippen molar-refractivity contribution in [2.45, 2.75) is 0 Å². The summed E-state index contributed by atoms with van der Waals surface area (Å²) in [6.45, 7) is 0. The zero-order valence-corrected chi connectivity index (χ0v) is 10.7. The third-order valence-corrected chi connectivity index (χ3v) is 2.69. The highest BCUT2D eigenvalue weighted by molar-refractivity contribution is 6.50. The van der Waals surface area contributed by atoms with E-state index < -0.39 is 7.25 Å². The van der Waals surface area contributed by atoms with Crippen LogP contribution in [0.3, 0.4) is 0 Å². The molecule has 8 heteroatoms. The van der Waals surface area contributed by atoms with Crippen LogP contribution >= 0.6 is 23.2 Å². The Morgan fingerprint density at radius 2 is 1.56 bits per heavy atom. The van der Waals surface area contributed by atoms with E-state index in [9.17, 15) is 17.3 Å². The van der Waals surface area contributed by atoms with E-state index in [0.29, 0.717) is 0 Å². The van der Waals surface area contributed by atoms with Crippen LogP contribution in [-0.2, 0) is 7.05 Å². The van der Waals surface area contributed by atoms with Crippen LogP contribution in [0.4, 0.5) is 17.3 Å². The topological polar surface area (TPSA) is 3.88 Å². The fourth-order valence-corrected chi connectivity index (χ4v) is 1.68. The van der Waals surface area contributed by atoms with E-state index in [1.807, 2.05) is 41.9 Å². The minimum absolute atomic E-state index is 0.717. The molecular formula is C10H8BCl2F4N. The summed E-state index contributed by atoms with van der Waals surface area (Å²) >= 11 is 11.8. The molecule has 0 spiro atoms. The summed E-state index contributed by atoms with van der Waals surface area (Å²) in [6.07, 6.45) is 0. The molecule has 0 saturated heterocycles. The van der Waals surface area contributed by atoms with Gasteiger partial charge in [0.2, 0.25) is 5.52 Å². The maximum atomic E-state index is 9.75. The molecular weight excluding hydrogens is 292 g/mol. The van der Waals surface area contributed by atoms with Crippen LogP contribution in [0.5, 0.6) is 0 Å². The molecule has 18 heavy (non-hydrogen) atoms. The summed E-state index contributed by atoms with van der Waals surface area (Å²) in [7, 11) is -4.07. The Balaban J connectivity index is 0.000000280. The second kappa shape index (κ2) is 5.76. The van der Waals surface area contributed by atoms with Gasteiger partial charge in [-0.25, -0.2) is 0 Å². The standard InChI is InChI=1S/C10H8Cl2N.BF4/c1-13-9-4-3-8(11)6-7(9)2-5-10(13)12;2-1(3,4)5/h2-6H,1H3;/q+1;-1. The van der Waals surface area contributed by atoms with Gasteiger partial charge in [0.05, 0.1) is 0 Å². The molecule has 0 atom stereocenters. The minimum Gasteiger partial charge on any atom is -0.418 e. The highest BCUT2D eigenvalue weighted by atomic mass is 35.5. The van der Waals surface area contributed by atoms with E-state index >= 15 is 0 Å². The van der Waals surface area contributed by atoms with Crippen molar-refractivity contribution in [3.8, 4) is 0 Å². The second-order valence-electron chi connectivity index (χ2n) is 3.41. The van der Waals surface area contributed by atoms with Gasteiger partial charge in [-0.2, -0.15) is 4.57 Å². The smallest absolute Gasteiger partial charge is 0.418 e. The molecule has 1 nitrogen and oxygen atoms in total. The molecule has 2 aromatic rings. The van der Waals surface area contributed by atoms with Gasteiger partial charge in [0.15, 0.2) is 0 Å². The molecule has 0 aliphatic rings. The quantitative estimate of drug-likeness (QED) is 0.296. The van der Waals surface area contributed by atoms with Crippen LogP contribution in [0.25, 0.3) is 10.9 Å². The first kappa shape index (κ1) is 15.1. The summed E-state index contributed by atoms with van der Waals surface area (Å²) in [5, 5.41) is 2.56. The molecule has 0 saturated carbocycles. The summed E-state index contributed by atoms with van der Waals surface area (Å²) in [4.78, 5) is 0. The number of aromatic nitrogens is 1. The number of benzene rings is 1. The Morgan fingerprint density at radius 3 is 2.11 bits per heavy atom. The first-order valence-electron chi connectivity index (χ1n) is 4.79. The van der Waals surface area contributed by atoms with Crippen molar-refractivity contribution in [1.82, 2.24) is 0 Å². The molecule has 0 bridgehead atoms. The van der Waals surface area contributed by atoms with E-state index in [-0.39, 0.29) is 0 Å². The number of hydrogen-bond acceptors (Lipinski definition) is 0. The molecule has 0 unspecified atom stereocenters. The number of hydrogen-bond donors (Lipinski definition) is 0. The highest BCUT2D eigenvalue weighted by Crippen LogP contribution is 2.17. The minimum atomic E-state index is -6.00. The van der Waals surface area contributed by atoms with Crippen molar-refractivity contribution >= 4 is 41.4 Å². The van der Waals surface area contributed by atoms with Crippen molar-refractivity contribution in [2.24, 2.45) is 7.05 Å². The molecule has 1 heterocycles. The van der Waals surface area contributed by atoms with E-state index in [2.05, 4.69) is 0 Å². The van der Waals surface area contributed by atoms with Gasteiger partial charge in [-0.15, -0.1) is 0 Å². The van der Waals surface area contributed by atoms with Crippen molar-refractivity contribution in [1.29, 1.82) is 0 Å². The van der Waals surface area contributed by atoms with E-state index in [1.54, 1.807) is 0 Å². The van der Waals surface area contributed by atoms with Crippen molar-refractivity contribution in [3.05, 3.63) is 40.5 Å². The van der Waals surface area contributed by atoms with Gasteiger partial charge in [-0.3, -0.25) is 0 Å². The Morgan fingerprint density at radius 1 is 1.00 bits per heavy atom. The molecule has 0 aliphatic heterocycles. The van der Waals surface area contributed by atoms with Crippen LogP contribution in [0.1, 0.15) is 0 Å². The average molecular weight is 300 g/mol. The molecule has 0 N–H and O–H groups in total. The third kappa shape index (κ3) is 4.70. The molecule has 0 amide bonds. The predicted molar refractivity (Wildman–Crippen MR) is 65.3 cm³/mol. The molecule has 98 valence electrons. The lowest BCUT2D eigenvalue weighted by atomic mass is 10.2. The van der Waals surface area contributed by atoms with E-state index in [0.717, 1.165) is 21.1 Å². The first-order valence-corrected chi connectivity index (χ1v) is 5.55. The van der Waals surface area contributed by atoms with E-state index in [4.69, 9.17) is 23.2 Å². The fraction of sp³-hybridized carbons (Fsp3) is 0.100. The van der Waals surface area contributed by atoms with Gasteiger partial charge in [0.1, 0.15) is 7.05 Å². The van der Waals surface area contributed by atoms with Crippen LogP contribution in [-0.4, -0.2) is 7.25 Å². The molecule has 0 fully saturated rings. The largest absolute Gasteiger partial charge is 0.673 e. The zero-order chi connectivity index (χ0) is 13.9. The second-order valence-corrected chi connectivity index (χ2v) is 4.24. The number of halogens is 6. The normalized spacial score (nSPS) is 11.1. The van der Waals surface area contributed by atoms with Gasteiger partial charge >= 0.3 is 7.25 Å². The molecule has 1 aromatic heterocycles. The Bertz CT molecular complexity index is 553. The number of aryl methyl sites for hydroxylation is 1. The molecule has 0 aliphatic carbocycles. The van der Waals surface area contributed by atoms with Gasteiger partial charge in [0, 0.05) is 22.5 Å². The summed E-state index contributed by atoms with van der Waals surface area (Å²) in [6, 6.07) is 9.57. The zero-order valence-electron chi connectivity index (χ0n) is 9.18. The van der Waals surface area contributed by atoms with Crippen LogP contribution in [0.15, 0.2) is 30.3 Å². The lowest BCUT2D eigenvalue weighted by Gasteiger charge is -1.97. The van der Waals surface area contributed by atoms with Gasteiger partial charge < -0.3 is 17.3 Å². The molecule has 1 aromatic carbocycles. The van der Waals surface area contributed by atoms with Crippen molar-refractivity contribution in [3.63, 3.8) is 0 Å². The predicted octanol–water partition coefficient (Wildman–Crippen LogP) is 4.27. The maximum absolute atomic E-state index is 9.75. The average Bonchev–Trinajstić information content (AvgIpc) is 2.21. The number of nitrogens with zero attached hydrogens (tertiary/aromatic N) is 1. The highest BCUT2D eigenvalue weighted by Gasteiger charge is 2.20. The van der Waals surface area contributed by atoms with Crippen LogP contribution < -0.4 is 4.57 Å². The lowest BCUT2D eigenvalue weighted by molar-refractivity contribution is -0.642. The van der Waals surface area contributed by atoms with Crippen molar-refractivity contribution < 1.29 is 21.8 Å². The SMILES string of the molecule is C[n+]1c(Cl)ccc2cc(Cl)ccc21.F[B-](F)(F)F. The number of rotatable bonds is 0. The van der Waals surface area contributed by atoms with Gasteiger partial charge in [-0.05, 0) is 29.8 Å². The Hall–Kier alpha value is -1.01. The molecule has 0 radical (unpaired) electrons. The fourth-order valence-electron chi connectivity index (χ4n) is 1.35.